The van der Waals surface area contributed by atoms with Gasteiger partial charge in [0.2, 0.25) is 0 Å². The number of likely N-dealkylation sites (N-methyl/N-ethyl adjacent to an activating group) is 1. The van der Waals surface area contributed by atoms with Gasteiger partial charge in [0.15, 0.2) is 5.78 Å². The summed E-state index contributed by atoms with van der Waals surface area (Å²) in [7, 11) is 2.02. The lowest BCUT2D eigenvalue weighted by Crippen LogP contribution is -2.44. The van der Waals surface area contributed by atoms with Gasteiger partial charge in [-0.1, -0.05) is 0 Å². The average Bonchev–Trinajstić information content (AvgIpc) is 2.64. The standard InChI is InChI=1S/C11H15NO2S/c1-8-5-9(7-15-8)11(13)10-6-12(2)3-4-14-10/h5,7,10H,3-4,6H2,1-2H3. The molecule has 0 spiro atoms. The molecule has 2 rings (SSSR count). The van der Waals surface area contributed by atoms with Crippen molar-refractivity contribution < 1.29 is 9.53 Å². The Morgan fingerprint density at radius 3 is 3.07 bits per heavy atom. The highest BCUT2D eigenvalue weighted by atomic mass is 32.1. The van der Waals surface area contributed by atoms with E-state index in [0.717, 1.165) is 12.1 Å². The van der Waals surface area contributed by atoms with Crippen LogP contribution in [0.15, 0.2) is 11.4 Å². The maximum absolute atomic E-state index is 12.0. The fourth-order valence-corrected chi connectivity index (χ4v) is 2.39. The number of Topliss-reactive ketones (excluding diaryl/α,β-unsaturated/α-hetero) is 1. The number of hydrogen-bond donors (Lipinski definition) is 0. The molecule has 0 radical (unpaired) electrons. The number of rotatable bonds is 2. The molecule has 0 N–H and O–H groups in total. The van der Waals surface area contributed by atoms with E-state index in [4.69, 9.17) is 4.74 Å². The largest absolute Gasteiger partial charge is 0.367 e. The van der Waals surface area contributed by atoms with Gasteiger partial charge >= 0.3 is 0 Å². The van der Waals surface area contributed by atoms with E-state index in [0.29, 0.717) is 13.2 Å². The zero-order valence-electron chi connectivity index (χ0n) is 9.03. The van der Waals surface area contributed by atoms with Crippen LogP contribution in [-0.4, -0.2) is 43.5 Å². The van der Waals surface area contributed by atoms with Gasteiger partial charge in [-0.3, -0.25) is 4.79 Å². The molecule has 0 bridgehead atoms. The number of hydrogen-bond acceptors (Lipinski definition) is 4. The molecule has 1 aliphatic heterocycles. The van der Waals surface area contributed by atoms with Crippen molar-refractivity contribution in [2.75, 3.05) is 26.7 Å². The number of morpholine rings is 1. The van der Waals surface area contributed by atoms with Crippen molar-refractivity contribution in [2.45, 2.75) is 13.0 Å². The Kier molecular flexibility index (Phi) is 3.19. The van der Waals surface area contributed by atoms with Crippen molar-refractivity contribution in [3.63, 3.8) is 0 Å². The van der Waals surface area contributed by atoms with Gasteiger partial charge < -0.3 is 9.64 Å². The van der Waals surface area contributed by atoms with E-state index in [9.17, 15) is 4.79 Å². The third-order valence-electron chi connectivity index (χ3n) is 2.58. The number of ketones is 1. The number of carbonyl (C=O) groups is 1. The van der Waals surface area contributed by atoms with Crippen LogP contribution in [0.25, 0.3) is 0 Å². The van der Waals surface area contributed by atoms with Crippen LogP contribution in [-0.2, 0) is 4.74 Å². The minimum Gasteiger partial charge on any atom is -0.367 e. The molecule has 1 aromatic rings. The number of thiophene rings is 1. The third-order valence-corrected chi connectivity index (χ3v) is 3.44. The SMILES string of the molecule is Cc1cc(C(=O)C2CN(C)CCO2)cs1. The molecular formula is C11H15NO2S. The van der Waals surface area contributed by atoms with Gasteiger partial charge in [-0.2, -0.15) is 0 Å². The van der Waals surface area contributed by atoms with Gasteiger partial charge in [-0.15, -0.1) is 11.3 Å². The van der Waals surface area contributed by atoms with Gasteiger partial charge in [0.25, 0.3) is 0 Å². The molecule has 82 valence electrons. The molecule has 0 saturated carbocycles. The Labute approximate surface area is 93.7 Å². The minimum absolute atomic E-state index is 0.117. The molecule has 4 heteroatoms. The van der Waals surface area contributed by atoms with Crippen molar-refractivity contribution in [3.05, 3.63) is 21.9 Å². The first-order chi connectivity index (χ1) is 7.16. The van der Waals surface area contributed by atoms with Crippen molar-refractivity contribution >= 4 is 17.1 Å². The Bertz CT molecular complexity index is 361. The van der Waals surface area contributed by atoms with Crippen LogP contribution in [0.2, 0.25) is 0 Å². The lowest BCUT2D eigenvalue weighted by atomic mass is 10.1. The third kappa shape index (κ3) is 2.45. The monoisotopic (exact) mass is 225 g/mol. The minimum atomic E-state index is -0.280. The first-order valence-electron chi connectivity index (χ1n) is 5.06. The summed E-state index contributed by atoms with van der Waals surface area (Å²) in [4.78, 5) is 15.3. The molecule has 3 nitrogen and oxygen atoms in total. The second kappa shape index (κ2) is 4.43. The van der Waals surface area contributed by atoms with Crippen molar-refractivity contribution in [1.82, 2.24) is 4.90 Å². The van der Waals surface area contributed by atoms with Crippen LogP contribution in [0.5, 0.6) is 0 Å². The highest BCUT2D eigenvalue weighted by molar-refractivity contribution is 7.10. The Balaban J connectivity index is 2.07. The predicted molar refractivity (Wildman–Crippen MR) is 60.6 cm³/mol. The van der Waals surface area contributed by atoms with Gasteiger partial charge in [0.05, 0.1) is 6.61 Å². The number of carbonyl (C=O) groups excluding carboxylic acids is 1. The molecule has 1 unspecified atom stereocenters. The smallest absolute Gasteiger partial charge is 0.193 e. The summed E-state index contributed by atoms with van der Waals surface area (Å²) in [5.74, 6) is 0.117. The normalized spacial score (nSPS) is 22.9. The number of aryl methyl sites for hydroxylation is 1. The van der Waals surface area contributed by atoms with Crippen molar-refractivity contribution in [1.29, 1.82) is 0 Å². The second-order valence-corrected chi connectivity index (χ2v) is 5.05. The van der Waals surface area contributed by atoms with E-state index < -0.39 is 0 Å². The van der Waals surface area contributed by atoms with Crippen LogP contribution >= 0.6 is 11.3 Å². The molecule has 1 fully saturated rings. The number of nitrogens with zero attached hydrogens (tertiary/aromatic N) is 1. The summed E-state index contributed by atoms with van der Waals surface area (Å²) in [5.41, 5.74) is 0.790. The van der Waals surface area contributed by atoms with E-state index in [2.05, 4.69) is 4.90 Å². The molecule has 1 atom stereocenters. The van der Waals surface area contributed by atoms with Crippen LogP contribution in [0, 0.1) is 6.92 Å². The molecule has 0 aromatic carbocycles. The Morgan fingerprint density at radius 1 is 1.67 bits per heavy atom. The summed E-state index contributed by atoms with van der Waals surface area (Å²) < 4.78 is 5.49. The molecule has 15 heavy (non-hydrogen) atoms. The van der Waals surface area contributed by atoms with E-state index in [1.54, 1.807) is 11.3 Å². The molecule has 1 aromatic heterocycles. The number of ether oxygens (including phenoxy) is 1. The molecule has 1 aliphatic rings. The summed E-state index contributed by atoms with van der Waals surface area (Å²) >= 11 is 1.61. The predicted octanol–water partition coefficient (Wildman–Crippen LogP) is 1.57. The van der Waals surface area contributed by atoms with Gasteiger partial charge in [0.1, 0.15) is 6.10 Å². The molecule has 0 aliphatic carbocycles. The summed E-state index contributed by atoms with van der Waals surface area (Å²) in [6, 6.07) is 1.94. The maximum Gasteiger partial charge on any atom is 0.193 e. The summed E-state index contributed by atoms with van der Waals surface area (Å²) in [6.07, 6.45) is -0.280. The Hall–Kier alpha value is -0.710. The first-order valence-corrected chi connectivity index (χ1v) is 5.94. The van der Waals surface area contributed by atoms with E-state index in [-0.39, 0.29) is 11.9 Å². The molecular weight excluding hydrogens is 210 g/mol. The fraction of sp³-hybridized carbons (Fsp3) is 0.545. The lowest BCUT2D eigenvalue weighted by Gasteiger charge is -2.28. The van der Waals surface area contributed by atoms with Crippen LogP contribution in [0.4, 0.5) is 0 Å². The molecule has 2 heterocycles. The Morgan fingerprint density at radius 2 is 2.47 bits per heavy atom. The maximum atomic E-state index is 12.0. The lowest BCUT2D eigenvalue weighted by molar-refractivity contribution is -0.00859. The van der Waals surface area contributed by atoms with Crippen LogP contribution in [0.1, 0.15) is 15.2 Å². The first kappa shape index (κ1) is 10.8. The highest BCUT2D eigenvalue weighted by Crippen LogP contribution is 2.17. The van der Waals surface area contributed by atoms with E-state index >= 15 is 0 Å². The summed E-state index contributed by atoms with van der Waals surface area (Å²) in [6.45, 7) is 4.27. The highest BCUT2D eigenvalue weighted by Gasteiger charge is 2.26. The fourth-order valence-electron chi connectivity index (χ4n) is 1.70. The van der Waals surface area contributed by atoms with Gasteiger partial charge in [-0.25, -0.2) is 0 Å². The van der Waals surface area contributed by atoms with E-state index in [1.807, 2.05) is 25.4 Å². The molecule has 0 amide bonds. The average molecular weight is 225 g/mol. The van der Waals surface area contributed by atoms with Crippen LogP contribution < -0.4 is 0 Å². The molecule has 1 saturated heterocycles. The second-order valence-electron chi connectivity index (χ2n) is 3.93. The quantitative estimate of drug-likeness (QED) is 0.716. The van der Waals surface area contributed by atoms with Crippen molar-refractivity contribution in [3.8, 4) is 0 Å². The zero-order chi connectivity index (χ0) is 10.8. The van der Waals surface area contributed by atoms with Gasteiger partial charge in [-0.05, 0) is 20.0 Å². The van der Waals surface area contributed by atoms with Crippen molar-refractivity contribution in [2.24, 2.45) is 0 Å². The summed E-state index contributed by atoms with van der Waals surface area (Å²) in [5, 5.41) is 1.91. The topological polar surface area (TPSA) is 29.5 Å². The van der Waals surface area contributed by atoms with E-state index in [1.165, 1.54) is 4.88 Å². The van der Waals surface area contributed by atoms with Crippen LogP contribution in [0.3, 0.4) is 0 Å². The zero-order valence-corrected chi connectivity index (χ0v) is 9.84. The van der Waals surface area contributed by atoms with Gasteiger partial charge in [0, 0.05) is 28.9 Å².